The lowest BCUT2D eigenvalue weighted by Crippen LogP contribution is -2.30. The highest BCUT2D eigenvalue weighted by Crippen LogP contribution is 2.21. The van der Waals surface area contributed by atoms with E-state index < -0.39 is 17.7 Å². The van der Waals surface area contributed by atoms with Crippen molar-refractivity contribution in [3.63, 3.8) is 0 Å². The molecule has 3 N–H and O–H groups in total. The molecule has 0 amide bonds. The summed E-state index contributed by atoms with van der Waals surface area (Å²) in [5.74, 6) is 4.20. The fourth-order valence-electron chi connectivity index (χ4n) is 1.78. The molecule has 100 valence electrons. The first-order chi connectivity index (χ1) is 9.10. The molecule has 19 heavy (non-hydrogen) atoms. The Morgan fingerprint density at radius 1 is 1.26 bits per heavy atom. The maximum absolute atomic E-state index is 13.7. The van der Waals surface area contributed by atoms with E-state index in [-0.39, 0.29) is 0 Å². The van der Waals surface area contributed by atoms with Crippen LogP contribution in [0.25, 0.3) is 0 Å². The average Bonchev–Trinajstić information content (AvgIpc) is 2.39. The van der Waals surface area contributed by atoms with Crippen LogP contribution in [0.2, 0.25) is 0 Å². The third-order valence-corrected chi connectivity index (χ3v) is 3.21. The molecule has 1 aromatic carbocycles. The monoisotopic (exact) mass is 327 g/mol. The second kappa shape index (κ2) is 6.18. The predicted molar refractivity (Wildman–Crippen MR) is 72.1 cm³/mol. The summed E-state index contributed by atoms with van der Waals surface area (Å²) in [5.41, 5.74) is 3.60. The van der Waals surface area contributed by atoms with E-state index in [4.69, 9.17) is 5.84 Å². The van der Waals surface area contributed by atoms with Gasteiger partial charge in [0.15, 0.2) is 0 Å². The van der Waals surface area contributed by atoms with E-state index in [0.29, 0.717) is 12.0 Å². The van der Waals surface area contributed by atoms with Gasteiger partial charge >= 0.3 is 0 Å². The van der Waals surface area contributed by atoms with Crippen LogP contribution in [0.15, 0.2) is 41.0 Å². The molecule has 0 aliphatic rings. The van der Waals surface area contributed by atoms with Crippen molar-refractivity contribution >= 4 is 15.9 Å². The van der Waals surface area contributed by atoms with E-state index in [9.17, 15) is 8.78 Å². The van der Waals surface area contributed by atoms with Crippen molar-refractivity contribution in [1.82, 2.24) is 10.4 Å². The summed E-state index contributed by atoms with van der Waals surface area (Å²) >= 11 is 3.29. The van der Waals surface area contributed by atoms with Crippen molar-refractivity contribution in [2.45, 2.75) is 12.5 Å². The zero-order chi connectivity index (χ0) is 13.8. The van der Waals surface area contributed by atoms with Gasteiger partial charge in [-0.25, -0.2) is 8.78 Å². The highest BCUT2D eigenvalue weighted by molar-refractivity contribution is 9.10. The first-order valence-corrected chi connectivity index (χ1v) is 6.41. The number of rotatable bonds is 4. The predicted octanol–water partition coefficient (Wildman–Crippen LogP) is 2.87. The minimum atomic E-state index is -0.625. The van der Waals surface area contributed by atoms with Gasteiger partial charge in [0.2, 0.25) is 0 Å². The maximum Gasteiger partial charge on any atom is 0.130 e. The zero-order valence-electron chi connectivity index (χ0n) is 9.91. The minimum absolute atomic E-state index is 0.314. The molecule has 1 atom stereocenters. The van der Waals surface area contributed by atoms with Crippen LogP contribution in [0.1, 0.15) is 17.3 Å². The molecule has 0 saturated heterocycles. The third-order valence-electron chi connectivity index (χ3n) is 2.74. The van der Waals surface area contributed by atoms with Gasteiger partial charge in [-0.15, -0.1) is 0 Å². The molecule has 3 nitrogen and oxygen atoms in total. The lowest BCUT2D eigenvalue weighted by atomic mass is 10.0. The molecule has 1 heterocycles. The van der Waals surface area contributed by atoms with Gasteiger partial charge < -0.3 is 0 Å². The van der Waals surface area contributed by atoms with Gasteiger partial charge in [0.1, 0.15) is 11.6 Å². The number of nitrogens with two attached hydrogens (primary N) is 1. The van der Waals surface area contributed by atoms with Gasteiger partial charge in [-0.05, 0) is 34.1 Å². The summed E-state index contributed by atoms with van der Waals surface area (Å²) in [6, 6.07) is 6.63. The molecule has 1 unspecified atom stereocenters. The zero-order valence-corrected chi connectivity index (χ0v) is 11.5. The number of halogens is 3. The van der Waals surface area contributed by atoms with E-state index in [2.05, 4.69) is 26.3 Å². The van der Waals surface area contributed by atoms with E-state index in [1.54, 1.807) is 6.20 Å². The minimum Gasteiger partial charge on any atom is -0.271 e. The Balaban J connectivity index is 2.22. The summed E-state index contributed by atoms with van der Waals surface area (Å²) in [5, 5.41) is 0. The van der Waals surface area contributed by atoms with Crippen molar-refractivity contribution in [3.05, 3.63) is 63.9 Å². The molecule has 0 saturated carbocycles. The number of pyridine rings is 1. The Kier molecular flexibility index (Phi) is 4.57. The number of hydrazine groups is 1. The first-order valence-electron chi connectivity index (χ1n) is 5.61. The van der Waals surface area contributed by atoms with Gasteiger partial charge in [-0.2, -0.15) is 0 Å². The summed E-state index contributed by atoms with van der Waals surface area (Å²) in [6.07, 6.45) is 2.07. The number of hydrogen-bond acceptors (Lipinski definition) is 3. The molecule has 0 aliphatic heterocycles. The number of aromatic nitrogens is 1. The van der Waals surface area contributed by atoms with E-state index in [1.807, 2.05) is 12.1 Å². The average molecular weight is 328 g/mol. The Morgan fingerprint density at radius 3 is 2.63 bits per heavy atom. The van der Waals surface area contributed by atoms with Crippen molar-refractivity contribution in [2.24, 2.45) is 5.84 Å². The van der Waals surface area contributed by atoms with Crippen LogP contribution in [0.3, 0.4) is 0 Å². The molecule has 2 rings (SSSR count). The first kappa shape index (κ1) is 14.0. The Labute approximate surface area is 117 Å². The maximum atomic E-state index is 13.7. The fourth-order valence-corrected chi connectivity index (χ4v) is 2.01. The smallest absolute Gasteiger partial charge is 0.130 e. The Morgan fingerprint density at radius 2 is 2.05 bits per heavy atom. The summed E-state index contributed by atoms with van der Waals surface area (Å²) in [4.78, 5) is 4.20. The molecule has 0 aliphatic carbocycles. The van der Waals surface area contributed by atoms with Crippen LogP contribution < -0.4 is 11.3 Å². The molecule has 1 aromatic heterocycles. The fraction of sp³-hybridized carbons (Fsp3) is 0.154. The van der Waals surface area contributed by atoms with Gasteiger partial charge in [-0.3, -0.25) is 16.3 Å². The summed E-state index contributed by atoms with van der Waals surface area (Å²) < 4.78 is 27.4. The molecular formula is C13H12BrF2N3. The molecule has 0 spiro atoms. The quantitative estimate of drug-likeness (QED) is 0.670. The number of benzene rings is 1. The molecule has 0 radical (unpaired) electrons. The van der Waals surface area contributed by atoms with Crippen LogP contribution in [0, 0.1) is 11.6 Å². The number of nitrogens with one attached hydrogen (secondary N) is 1. The molecule has 0 bridgehead atoms. The van der Waals surface area contributed by atoms with Gasteiger partial charge in [-0.1, -0.05) is 6.07 Å². The lowest BCUT2D eigenvalue weighted by molar-refractivity contribution is 0.499. The van der Waals surface area contributed by atoms with Crippen LogP contribution in [-0.4, -0.2) is 4.98 Å². The van der Waals surface area contributed by atoms with E-state index in [1.165, 1.54) is 12.1 Å². The van der Waals surface area contributed by atoms with Gasteiger partial charge in [0, 0.05) is 34.4 Å². The molecule has 6 heteroatoms. The number of hydrogen-bond donors (Lipinski definition) is 2. The largest absolute Gasteiger partial charge is 0.271 e. The third kappa shape index (κ3) is 3.56. The highest BCUT2D eigenvalue weighted by Gasteiger charge is 2.16. The van der Waals surface area contributed by atoms with Crippen molar-refractivity contribution in [3.8, 4) is 0 Å². The standard InChI is InChI=1S/C13H12BrF2N3/c14-8-1-3-10(18-7-8)6-13(19-17)11-4-2-9(15)5-12(11)16/h1-5,7,13,19H,6,17H2. The van der Waals surface area contributed by atoms with Crippen molar-refractivity contribution in [2.75, 3.05) is 0 Å². The van der Waals surface area contributed by atoms with Gasteiger partial charge in [0.05, 0.1) is 6.04 Å². The van der Waals surface area contributed by atoms with E-state index >= 15 is 0 Å². The molecule has 2 aromatic rings. The summed E-state index contributed by atoms with van der Waals surface area (Å²) in [6.45, 7) is 0. The van der Waals surface area contributed by atoms with Crippen molar-refractivity contribution < 1.29 is 8.78 Å². The van der Waals surface area contributed by atoms with Crippen LogP contribution in [0.4, 0.5) is 8.78 Å². The van der Waals surface area contributed by atoms with Gasteiger partial charge in [0.25, 0.3) is 0 Å². The van der Waals surface area contributed by atoms with Crippen molar-refractivity contribution in [1.29, 1.82) is 0 Å². The van der Waals surface area contributed by atoms with E-state index in [0.717, 1.165) is 16.2 Å². The number of nitrogens with zero attached hydrogens (tertiary/aromatic N) is 1. The second-order valence-corrected chi connectivity index (χ2v) is 4.97. The highest BCUT2D eigenvalue weighted by atomic mass is 79.9. The topological polar surface area (TPSA) is 50.9 Å². The second-order valence-electron chi connectivity index (χ2n) is 4.06. The van der Waals surface area contributed by atoms with Crippen LogP contribution >= 0.6 is 15.9 Å². The molecular weight excluding hydrogens is 316 g/mol. The molecule has 0 fully saturated rings. The SMILES string of the molecule is NNC(Cc1ccc(Br)cn1)c1ccc(F)cc1F. The lowest BCUT2D eigenvalue weighted by Gasteiger charge is -2.16. The Hall–Kier alpha value is -1.37. The summed E-state index contributed by atoms with van der Waals surface area (Å²) in [7, 11) is 0. The Bertz CT molecular complexity index is 560. The van der Waals surface area contributed by atoms with Crippen LogP contribution in [0.5, 0.6) is 0 Å². The normalized spacial score (nSPS) is 12.4. The van der Waals surface area contributed by atoms with Crippen LogP contribution in [-0.2, 0) is 6.42 Å².